The highest BCUT2D eigenvalue weighted by Crippen LogP contribution is 2.27. The molecule has 1 unspecified atom stereocenters. The molecule has 0 spiro atoms. The van der Waals surface area contributed by atoms with Gasteiger partial charge in [0.2, 0.25) is 5.89 Å². The highest BCUT2D eigenvalue weighted by Gasteiger charge is 2.25. The Kier molecular flexibility index (Phi) is 3.38. The van der Waals surface area contributed by atoms with E-state index in [1.807, 2.05) is 0 Å². The van der Waals surface area contributed by atoms with Gasteiger partial charge in [-0.2, -0.15) is 4.98 Å². The Labute approximate surface area is 101 Å². The molecule has 0 amide bonds. The summed E-state index contributed by atoms with van der Waals surface area (Å²) in [7, 11) is 0. The van der Waals surface area contributed by atoms with Gasteiger partial charge in [-0.1, -0.05) is 5.16 Å². The molecule has 1 atom stereocenters. The Balaban J connectivity index is 1.68. The summed E-state index contributed by atoms with van der Waals surface area (Å²) in [5, 5.41) is 7.47. The first kappa shape index (κ1) is 11.2. The van der Waals surface area contributed by atoms with Crippen LogP contribution in [0.5, 0.6) is 0 Å². The Morgan fingerprint density at radius 3 is 2.76 bits per heavy atom. The smallest absolute Gasteiger partial charge is 0.229 e. The van der Waals surface area contributed by atoms with Crippen LogP contribution in [0.4, 0.5) is 0 Å². The Morgan fingerprint density at radius 1 is 1.12 bits per heavy atom. The second-order valence-electron chi connectivity index (χ2n) is 4.93. The van der Waals surface area contributed by atoms with Crippen LogP contribution in [-0.4, -0.2) is 36.4 Å². The van der Waals surface area contributed by atoms with Gasteiger partial charge in [-0.05, 0) is 38.8 Å². The number of aromatic nitrogens is 2. The molecule has 1 aromatic heterocycles. The minimum absolute atomic E-state index is 0.336. The number of ether oxygens (including phenoxy) is 1. The quantitative estimate of drug-likeness (QED) is 0.843. The van der Waals surface area contributed by atoms with E-state index in [2.05, 4.69) is 15.5 Å². The van der Waals surface area contributed by atoms with Crippen molar-refractivity contribution < 1.29 is 9.26 Å². The van der Waals surface area contributed by atoms with Gasteiger partial charge in [-0.25, -0.2) is 0 Å². The molecule has 94 valence electrons. The third kappa shape index (κ3) is 2.50. The van der Waals surface area contributed by atoms with Crippen molar-refractivity contribution in [3.05, 3.63) is 11.7 Å². The van der Waals surface area contributed by atoms with E-state index in [-0.39, 0.29) is 0 Å². The van der Waals surface area contributed by atoms with Crippen molar-refractivity contribution >= 4 is 0 Å². The van der Waals surface area contributed by atoms with Gasteiger partial charge in [0, 0.05) is 18.4 Å². The molecule has 2 saturated heterocycles. The molecule has 0 aromatic carbocycles. The van der Waals surface area contributed by atoms with Gasteiger partial charge in [0.05, 0.1) is 6.61 Å². The maximum atomic E-state index is 5.46. The van der Waals surface area contributed by atoms with Crippen LogP contribution in [0.1, 0.15) is 49.2 Å². The van der Waals surface area contributed by atoms with E-state index < -0.39 is 0 Å². The summed E-state index contributed by atoms with van der Waals surface area (Å²) >= 11 is 0. The van der Waals surface area contributed by atoms with Crippen molar-refractivity contribution in [2.45, 2.75) is 37.5 Å². The third-order valence-corrected chi connectivity index (χ3v) is 3.67. The summed E-state index contributed by atoms with van der Waals surface area (Å²) in [5.74, 6) is 2.45. The molecule has 3 rings (SSSR count). The topological polar surface area (TPSA) is 60.2 Å². The number of nitrogens with one attached hydrogen (secondary N) is 1. The zero-order valence-corrected chi connectivity index (χ0v) is 10.0. The number of hydrogen-bond acceptors (Lipinski definition) is 5. The van der Waals surface area contributed by atoms with E-state index in [0.717, 1.165) is 63.7 Å². The highest BCUT2D eigenvalue weighted by molar-refractivity contribution is 5.01. The van der Waals surface area contributed by atoms with Crippen LogP contribution in [0.3, 0.4) is 0 Å². The van der Waals surface area contributed by atoms with Gasteiger partial charge < -0.3 is 14.6 Å². The predicted molar refractivity (Wildman–Crippen MR) is 61.9 cm³/mol. The molecule has 2 fully saturated rings. The Hall–Kier alpha value is -0.940. The molecule has 1 aromatic rings. The first-order valence-electron chi connectivity index (χ1n) is 6.55. The molecule has 0 saturated carbocycles. The van der Waals surface area contributed by atoms with Crippen molar-refractivity contribution in [1.82, 2.24) is 15.5 Å². The molecule has 5 heteroatoms. The minimum Gasteiger partial charge on any atom is -0.381 e. The number of hydrogen-bond donors (Lipinski definition) is 1. The summed E-state index contributed by atoms with van der Waals surface area (Å²) in [6.45, 7) is 3.71. The van der Waals surface area contributed by atoms with Gasteiger partial charge in [-0.3, -0.25) is 0 Å². The summed E-state index contributed by atoms with van der Waals surface area (Å²) < 4.78 is 10.9. The van der Waals surface area contributed by atoms with E-state index in [9.17, 15) is 0 Å². The van der Waals surface area contributed by atoms with E-state index in [1.54, 1.807) is 0 Å². The molecule has 3 heterocycles. The van der Waals surface area contributed by atoms with E-state index in [4.69, 9.17) is 9.26 Å². The van der Waals surface area contributed by atoms with Crippen LogP contribution in [-0.2, 0) is 4.74 Å². The minimum atomic E-state index is 0.336. The summed E-state index contributed by atoms with van der Waals surface area (Å²) in [4.78, 5) is 4.57. The van der Waals surface area contributed by atoms with Gasteiger partial charge in [-0.15, -0.1) is 0 Å². The molecule has 1 N–H and O–H groups in total. The monoisotopic (exact) mass is 237 g/mol. The Morgan fingerprint density at radius 2 is 2.00 bits per heavy atom. The van der Waals surface area contributed by atoms with Gasteiger partial charge >= 0.3 is 0 Å². The van der Waals surface area contributed by atoms with Crippen molar-refractivity contribution in [3.63, 3.8) is 0 Å². The average Bonchev–Trinajstić information content (AvgIpc) is 2.90. The van der Waals surface area contributed by atoms with E-state index in [1.165, 1.54) is 0 Å². The summed E-state index contributed by atoms with van der Waals surface area (Å²) in [6, 6.07) is 0. The van der Waals surface area contributed by atoms with Crippen molar-refractivity contribution in [2.75, 3.05) is 26.3 Å². The van der Waals surface area contributed by atoms with Crippen LogP contribution in [0.2, 0.25) is 0 Å². The van der Waals surface area contributed by atoms with Gasteiger partial charge in [0.15, 0.2) is 5.82 Å². The lowest BCUT2D eigenvalue weighted by Crippen LogP contribution is -2.26. The second-order valence-corrected chi connectivity index (χ2v) is 4.93. The lowest BCUT2D eigenvalue weighted by atomic mass is 9.98. The van der Waals surface area contributed by atoms with Crippen LogP contribution in [0.15, 0.2) is 4.52 Å². The SMILES string of the molecule is C1COCC(c2noc(C3CCNCC3)n2)C1. The van der Waals surface area contributed by atoms with E-state index >= 15 is 0 Å². The maximum Gasteiger partial charge on any atom is 0.229 e. The molecule has 17 heavy (non-hydrogen) atoms. The lowest BCUT2D eigenvalue weighted by Gasteiger charge is -2.19. The van der Waals surface area contributed by atoms with Crippen LogP contribution in [0.25, 0.3) is 0 Å². The van der Waals surface area contributed by atoms with E-state index in [0.29, 0.717) is 11.8 Å². The standard InChI is InChI=1S/C12H19N3O2/c1-2-10(8-16-7-1)11-14-12(17-15-11)9-3-5-13-6-4-9/h9-10,13H,1-8H2. The third-order valence-electron chi connectivity index (χ3n) is 3.67. The fraction of sp³-hybridized carbons (Fsp3) is 0.833. The second kappa shape index (κ2) is 5.14. The number of rotatable bonds is 2. The normalized spacial score (nSPS) is 27.2. The van der Waals surface area contributed by atoms with Gasteiger partial charge in [0.1, 0.15) is 0 Å². The highest BCUT2D eigenvalue weighted by atomic mass is 16.5. The molecule has 5 nitrogen and oxygen atoms in total. The maximum absolute atomic E-state index is 5.46. The zero-order valence-electron chi connectivity index (χ0n) is 10.0. The van der Waals surface area contributed by atoms with Crippen LogP contribution in [0, 0.1) is 0 Å². The number of piperidine rings is 1. The first-order valence-corrected chi connectivity index (χ1v) is 6.55. The molecular formula is C12H19N3O2. The number of nitrogens with zero attached hydrogens (tertiary/aromatic N) is 2. The van der Waals surface area contributed by atoms with Crippen molar-refractivity contribution in [1.29, 1.82) is 0 Å². The Bertz CT molecular complexity index is 322. The average molecular weight is 237 g/mol. The zero-order chi connectivity index (χ0) is 11.5. The first-order chi connectivity index (χ1) is 8.43. The molecule has 2 aliphatic heterocycles. The molecule has 0 radical (unpaired) electrons. The fourth-order valence-electron chi connectivity index (χ4n) is 2.59. The molecule has 2 aliphatic rings. The molecule has 0 bridgehead atoms. The largest absolute Gasteiger partial charge is 0.381 e. The van der Waals surface area contributed by atoms with Gasteiger partial charge in [0.25, 0.3) is 0 Å². The lowest BCUT2D eigenvalue weighted by molar-refractivity contribution is 0.0773. The van der Waals surface area contributed by atoms with Crippen LogP contribution < -0.4 is 5.32 Å². The van der Waals surface area contributed by atoms with Crippen molar-refractivity contribution in [3.8, 4) is 0 Å². The fourth-order valence-corrected chi connectivity index (χ4v) is 2.59. The van der Waals surface area contributed by atoms with Crippen LogP contribution >= 0.6 is 0 Å². The van der Waals surface area contributed by atoms with Crippen molar-refractivity contribution in [2.24, 2.45) is 0 Å². The molecule has 0 aliphatic carbocycles. The molecular weight excluding hydrogens is 218 g/mol. The summed E-state index contributed by atoms with van der Waals surface area (Å²) in [6.07, 6.45) is 4.42. The predicted octanol–water partition coefficient (Wildman–Crippen LogP) is 1.43. The summed E-state index contributed by atoms with van der Waals surface area (Å²) in [5.41, 5.74) is 0.